The third kappa shape index (κ3) is 4.01. The number of carbonyl (C=O) groups is 2. The molecule has 1 N–H and O–H groups in total. The Balaban J connectivity index is 1.56. The highest BCUT2D eigenvalue weighted by atomic mass is 16.6. The first kappa shape index (κ1) is 17.9. The van der Waals surface area contributed by atoms with Gasteiger partial charge in [-0.1, -0.05) is 18.2 Å². The van der Waals surface area contributed by atoms with E-state index in [9.17, 15) is 14.4 Å². The number of benzene rings is 1. The lowest BCUT2D eigenvalue weighted by atomic mass is 10.1. The number of fused-ring (bicyclic) bond motifs is 1. The molecule has 0 unspecified atom stereocenters. The van der Waals surface area contributed by atoms with E-state index in [4.69, 9.17) is 4.74 Å². The maximum Gasteiger partial charge on any atom is 0.409 e. The van der Waals surface area contributed by atoms with E-state index >= 15 is 0 Å². The van der Waals surface area contributed by atoms with Crippen molar-refractivity contribution in [3.05, 3.63) is 40.8 Å². The van der Waals surface area contributed by atoms with Gasteiger partial charge in [-0.15, -0.1) is 0 Å². The molecule has 0 atom stereocenters. The van der Waals surface area contributed by atoms with Crippen molar-refractivity contribution in [2.75, 3.05) is 19.7 Å². The van der Waals surface area contributed by atoms with Crippen molar-refractivity contribution in [3.63, 3.8) is 0 Å². The molecular weight excluding hydrogens is 336 g/mol. The smallest absolute Gasteiger partial charge is 0.409 e. The Bertz CT molecular complexity index is 856. The van der Waals surface area contributed by atoms with Crippen LogP contribution in [-0.4, -0.2) is 52.4 Å². The van der Waals surface area contributed by atoms with Crippen molar-refractivity contribution in [3.8, 4) is 0 Å². The molecule has 0 spiro atoms. The van der Waals surface area contributed by atoms with E-state index in [0.29, 0.717) is 37.9 Å². The van der Waals surface area contributed by atoms with Gasteiger partial charge in [0.25, 0.3) is 5.56 Å². The summed E-state index contributed by atoms with van der Waals surface area (Å²) < 4.78 is 6.15. The maximum absolute atomic E-state index is 12.4. The molecule has 8 heteroatoms. The lowest BCUT2D eigenvalue weighted by Crippen LogP contribution is -2.47. The number of rotatable bonds is 4. The molecule has 26 heavy (non-hydrogen) atoms. The predicted octanol–water partition coefficient (Wildman–Crippen LogP) is 1.13. The standard InChI is InChI=1S/C18H22N4O4/c1-2-26-18(25)21-9-7-14(8-10-21)20-16(23)12-22-17(24)15-6-4-3-5-13(15)11-19-22/h3-6,11,14H,2,7-10,12H2,1H3,(H,20,23). The molecule has 8 nitrogen and oxygen atoms in total. The summed E-state index contributed by atoms with van der Waals surface area (Å²) in [4.78, 5) is 38.0. The average molecular weight is 358 g/mol. The van der Waals surface area contributed by atoms with E-state index in [1.807, 2.05) is 12.1 Å². The Hall–Kier alpha value is -2.90. The molecule has 3 rings (SSSR count). The zero-order valence-corrected chi connectivity index (χ0v) is 14.7. The molecule has 1 aromatic heterocycles. The first-order valence-corrected chi connectivity index (χ1v) is 8.74. The third-order valence-electron chi connectivity index (χ3n) is 4.44. The highest BCUT2D eigenvalue weighted by Gasteiger charge is 2.24. The number of carbonyl (C=O) groups excluding carboxylic acids is 2. The number of amides is 2. The average Bonchev–Trinajstić information content (AvgIpc) is 2.65. The number of hydrogen-bond donors (Lipinski definition) is 1. The maximum atomic E-state index is 12.4. The SMILES string of the molecule is CCOC(=O)N1CCC(NC(=O)Cn2ncc3ccccc3c2=O)CC1. The lowest BCUT2D eigenvalue weighted by molar-refractivity contribution is -0.122. The minimum absolute atomic E-state index is 0.0238. The molecule has 0 saturated carbocycles. The van der Waals surface area contributed by atoms with Gasteiger partial charge in [-0.2, -0.15) is 5.10 Å². The number of hydrogen-bond acceptors (Lipinski definition) is 5. The van der Waals surface area contributed by atoms with Gasteiger partial charge in [0.15, 0.2) is 0 Å². The van der Waals surface area contributed by atoms with Crippen LogP contribution in [0.4, 0.5) is 4.79 Å². The molecule has 2 amide bonds. The molecule has 138 valence electrons. The summed E-state index contributed by atoms with van der Waals surface area (Å²) in [6, 6.07) is 7.13. The monoisotopic (exact) mass is 358 g/mol. The topological polar surface area (TPSA) is 93.5 Å². The van der Waals surface area contributed by atoms with Crippen molar-refractivity contribution < 1.29 is 14.3 Å². The van der Waals surface area contributed by atoms with Gasteiger partial charge in [0.05, 0.1) is 18.2 Å². The minimum atomic E-state index is -0.316. The van der Waals surface area contributed by atoms with Gasteiger partial charge in [0.1, 0.15) is 6.54 Å². The molecule has 0 radical (unpaired) electrons. The van der Waals surface area contributed by atoms with Crippen LogP contribution in [0.15, 0.2) is 35.3 Å². The van der Waals surface area contributed by atoms with Gasteiger partial charge in [0.2, 0.25) is 5.91 Å². The predicted molar refractivity (Wildman–Crippen MR) is 95.8 cm³/mol. The molecule has 0 bridgehead atoms. The number of piperidine rings is 1. The molecule has 0 aliphatic carbocycles. The Labute approximate surface area is 150 Å². The van der Waals surface area contributed by atoms with Crippen LogP contribution in [-0.2, 0) is 16.1 Å². The van der Waals surface area contributed by atoms with Crippen molar-refractivity contribution in [1.82, 2.24) is 20.0 Å². The lowest BCUT2D eigenvalue weighted by Gasteiger charge is -2.31. The Morgan fingerprint density at radius 1 is 1.27 bits per heavy atom. The fourth-order valence-corrected chi connectivity index (χ4v) is 3.07. The van der Waals surface area contributed by atoms with Gasteiger partial charge in [0, 0.05) is 24.5 Å². The van der Waals surface area contributed by atoms with Crippen LogP contribution >= 0.6 is 0 Å². The van der Waals surface area contributed by atoms with E-state index in [1.54, 1.807) is 30.2 Å². The van der Waals surface area contributed by atoms with E-state index in [1.165, 1.54) is 4.68 Å². The van der Waals surface area contributed by atoms with E-state index in [2.05, 4.69) is 10.4 Å². The Morgan fingerprint density at radius 3 is 2.73 bits per heavy atom. The highest BCUT2D eigenvalue weighted by molar-refractivity contribution is 5.81. The van der Waals surface area contributed by atoms with Gasteiger partial charge < -0.3 is 15.0 Å². The molecule has 1 saturated heterocycles. The molecule has 1 aromatic carbocycles. The van der Waals surface area contributed by atoms with Crippen LogP contribution in [0, 0.1) is 0 Å². The molecular formula is C18H22N4O4. The van der Waals surface area contributed by atoms with Gasteiger partial charge in [-0.25, -0.2) is 9.48 Å². The first-order chi connectivity index (χ1) is 12.6. The van der Waals surface area contributed by atoms with Crippen molar-refractivity contribution in [2.24, 2.45) is 0 Å². The van der Waals surface area contributed by atoms with Crippen LogP contribution in [0.5, 0.6) is 0 Å². The fourth-order valence-electron chi connectivity index (χ4n) is 3.07. The number of nitrogens with one attached hydrogen (secondary N) is 1. The molecule has 1 aliphatic heterocycles. The number of nitrogens with zero attached hydrogens (tertiary/aromatic N) is 3. The summed E-state index contributed by atoms with van der Waals surface area (Å²) in [5.41, 5.74) is -0.282. The third-order valence-corrected chi connectivity index (χ3v) is 4.44. The van der Waals surface area contributed by atoms with Crippen LogP contribution in [0.1, 0.15) is 19.8 Å². The molecule has 1 aliphatic rings. The van der Waals surface area contributed by atoms with Gasteiger partial charge >= 0.3 is 6.09 Å². The summed E-state index contributed by atoms with van der Waals surface area (Å²) in [5, 5.41) is 8.28. The van der Waals surface area contributed by atoms with Crippen LogP contribution in [0.2, 0.25) is 0 Å². The molecule has 1 fully saturated rings. The summed E-state index contributed by atoms with van der Waals surface area (Å²) >= 11 is 0. The highest BCUT2D eigenvalue weighted by Crippen LogP contribution is 2.11. The zero-order chi connectivity index (χ0) is 18.5. The van der Waals surface area contributed by atoms with Gasteiger partial charge in [-0.05, 0) is 25.8 Å². The van der Waals surface area contributed by atoms with Crippen LogP contribution < -0.4 is 10.9 Å². The van der Waals surface area contributed by atoms with E-state index in [-0.39, 0.29) is 30.1 Å². The summed E-state index contributed by atoms with van der Waals surface area (Å²) in [7, 11) is 0. The fraction of sp³-hybridized carbons (Fsp3) is 0.444. The second-order valence-electron chi connectivity index (χ2n) is 6.22. The summed E-state index contributed by atoms with van der Waals surface area (Å²) in [5.74, 6) is -0.260. The first-order valence-electron chi connectivity index (χ1n) is 8.74. The molecule has 2 aromatic rings. The molecule has 2 heterocycles. The number of aromatic nitrogens is 2. The Kier molecular flexibility index (Phi) is 5.50. The summed E-state index contributed by atoms with van der Waals surface area (Å²) in [6.45, 7) is 3.08. The van der Waals surface area contributed by atoms with E-state index < -0.39 is 0 Å². The normalized spacial score (nSPS) is 15.0. The number of likely N-dealkylation sites (tertiary alicyclic amines) is 1. The summed E-state index contributed by atoms with van der Waals surface area (Å²) in [6.07, 6.45) is 2.58. The van der Waals surface area contributed by atoms with E-state index in [0.717, 1.165) is 5.39 Å². The second-order valence-corrected chi connectivity index (χ2v) is 6.22. The Morgan fingerprint density at radius 2 is 2.00 bits per heavy atom. The van der Waals surface area contributed by atoms with Crippen molar-refractivity contribution in [2.45, 2.75) is 32.4 Å². The van der Waals surface area contributed by atoms with Gasteiger partial charge in [-0.3, -0.25) is 9.59 Å². The minimum Gasteiger partial charge on any atom is -0.450 e. The van der Waals surface area contributed by atoms with Crippen molar-refractivity contribution in [1.29, 1.82) is 0 Å². The quantitative estimate of drug-likeness (QED) is 0.884. The van der Waals surface area contributed by atoms with Crippen LogP contribution in [0.3, 0.4) is 0 Å². The van der Waals surface area contributed by atoms with Crippen molar-refractivity contribution >= 4 is 22.8 Å². The zero-order valence-electron chi connectivity index (χ0n) is 14.7. The largest absolute Gasteiger partial charge is 0.450 e. The second kappa shape index (κ2) is 7.99. The van der Waals surface area contributed by atoms with Crippen LogP contribution in [0.25, 0.3) is 10.8 Å². The number of ether oxygens (including phenoxy) is 1.